The number of rotatable bonds is 5. The van der Waals surface area contributed by atoms with Gasteiger partial charge in [0.2, 0.25) is 0 Å². The molecule has 0 saturated heterocycles. The van der Waals surface area contributed by atoms with Gasteiger partial charge in [-0.25, -0.2) is 4.98 Å². The molecule has 4 N–H and O–H groups in total. The lowest BCUT2D eigenvalue weighted by atomic mass is 10.1. The molecule has 20 heavy (non-hydrogen) atoms. The number of aromatic hydroxyl groups is 1. The number of nitrogens with zero attached hydrogens (tertiary/aromatic N) is 2. The minimum absolute atomic E-state index is 0.0929. The molecule has 2 aromatic rings. The summed E-state index contributed by atoms with van der Waals surface area (Å²) in [7, 11) is 0. The van der Waals surface area contributed by atoms with Gasteiger partial charge in [-0.2, -0.15) is 0 Å². The van der Waals surface area contributed by atoms with Crippen LogP contribution in [0.1, 0.15) is 5.56 Å². The number of pyridine rings is 1. The monoisotopic (exact) mass is 274 g/mol. The number of hydrogen-bond acceptors (Lipinski definition) is 6. The minimum atomic E-state index is -0.511. The molecule has 0 saturated carbocycles. The average molecular weight is 274 g/mol. The molecule has 0 spiro atoms. The Balaban J connectivity index is 1.97. The number of phenolic OH excluding ortho intramolecular Hbond substituents is 1. The molecule has 0 aliphatic heterocycles. The second-order valence-corrected chi connectivity index (χ2v) is 4.24. The van der Waals surface area contributed by atoms with Crippen LogP contribution >= 0.6 is 0 Å². The summed E-state index contributed by atoms with van der Waals surface area (Å²) in [5, 5.41) is 22.9. The van der Waals surface area contributed by atoms with Crippen LogP contribution in [-0.4, -0.2) is 21.6 Å². The SMILES string of the molecule is Nc1cc([N+](=O)[O-])cc(NCCc2ccc(O)cc2)n1. The normalized spacial score (nSPS) is 10.2. The number of hydrogen-bond donors (Lipinski definition) is 3. The maximum atomic E-state index is 10.7. The van der Waals surface area contributed by atoms with Gasteiger partial charge >= 0.3 is 0 Å². The highest BCUT2D eigenvalue weighted by Gasteiger charge is 2.09. The van der Waals surface area contributed by atoms with E-state index in [1.165, 1.54) is 12.1 Å². The van der Waals surface area contributed by atoms with Crippen molar-refractivity contribution < 1.29 is 10.0 Å². The molecule has 0 atom stereocenters. The third-order valence-electron chi connectivity index (χ3n) is 2.70. The van der Waals surface area contributed by atoms with E-state index in [2.05, 4.69) is 10.3 Å². The number of nitrogens with one attached hydrogen (secondary N) is 1. The summed E-state index contributed by atoms with van der Waals surface area (Å²) in [6, 6.07) is 9.40. The second-order valence-electron chi connectivity index (χ2n) is 4.24. The van der Waals surface area contributed by atoms with Crippen molar-refractivity contribution in [2.24, 2.45) is 0 Å². The largest absolute Gasteiger partial charge is 0.508 e. The molecule has 1 aromatic heterocycles. The molecule has 1 heterocycles. The van der Waals surface area contributed by atoms with E-state index in [0.717, 1.165) is 5.56 Å². The number of nitrogens with two attached hydrogens (primary N) is 1. The highest BCUT2D eigenvalue weighted by atomic mass is 16.6. The van der Waals surface area contributed by atoms with Gasteiger partial charge < -0.3 is 16.2 Å². The topological polar surface area (TPSA) is 114 Å². The van der Waals surface area contributed by atoms with Crippen LogP contribution in [0, 0.1) is 10.1 Å². The fourth-order valence-electron chi connectivity index (χ4n) is 1.73. The van der Waals surface area contributed by atoms with E-state index >= 15 is 0 Å². The van der Waals surface area contributed by atoms with Crippen LogP contribution in [0.5, 0.6) is 5.75 Å². The van der Waals surface area contributed by atoms with Gasteiger partial charge in [0.25, 0.3) is 5.69 Å². The molecule has 0 amide bonds. The molecule has 7 heteroatoms. The van der Waals surface area contributed by atoms with Gasteiger partial charge in [0.1, 0.15) is 17.4 Å². The van der Waals surface area contributed by atoms with Crippen LogP contribution in [0.15, 0.2) is 36.4 Å². The number of phenols is 1. The minimum Gasteiger partial charge on any atom is -0.508 e. The van der Waals surface area contributed by atoms with Gasteiger partial charge in [-0.05, 0) is 24.1 Å². The quantitative estimate of drug-likeness (QED) is 0.567. The van der Waals surface area contributed by atoms with Crippen LogP contribution in [-0.2, 0) is 6.42 Å². The van der Waals surface area contributed by atoms with Crippen LogP contribution in [0.25, 0.3) is 0 Å². The van der Waals surface area contributed by atoms with Gasteiger partial charge in [-0.1, -0.05) is 12.1 Å². The Morgan fingerprint density at radius 2 is 2.00 bits per heavy atom. The van der Waals surface area contributed by atoms with E-state index in [1.807, 2.05) is 12.1 Å². The standard InChI is InChI=1S/C13H14N4O3/c14-12-7-10(17(19)20)8-13(16-12)15-6-5-9-1-3-11(18)4-2-9/h1-4,7-8,18H,5-6H2,(H3,14,15,16). The van der Waals surface area contributed by atoms with Crippen LogP contribution in [0.3, 0.4) is 0 Å². The maximum absolute atomic E-state index is 10.7. The fraction of sp³-hybridized carbons (Fsp3) is 0.154. The van der Waals surface area contributed by atoms with Crippen molar-refractivity contribution in [1.29, 1.82) is 0 Å². The van der Waals surface area contributed by atoms with Gasteiger partial charge in [0.05, 0.1) is 17.1 Å². The molecule has 0 aliphatic rings. The third-order valence-corrected chi connectivity index (χ3v) is 2.70. The lowest BCUT2D eigenvalue weighted by molar-refractivity contribution is -0.384. The Morgan fingerprint density at radius 1 is 1.30 bits per heavy atom. The first-order valence-electron chi connectivity index (χ1n) is 5.98. The highest BCUT2D eigenvalue weighted by Crippen LogP contribution is 2.18. The molecule has 0 aliphatic carbocycles. The molecule has 0 unspecified atom stereocenters. The van der Waals surface area contributed by atoms with Gasteiger partial charge in [0.15, 0.2) is 0 Å². The average Bonchev–Trinajstić information content (AvgIpc) is 2.40. The van der Waals surface area contributed by atoms with Crippen LogP contribution < -0.4 is 11.1 Å². The maximum Gasteiger partial charge on any atom is 0.276 e. The molecule has 1 aromatic carbocycles. The number of nitro groups is 1. The molecule has 0 radical (unpaired) electrons. The first-order valence-corrected chi connectivity index (χ1v) is 5.98. The van der Waals surface area contributed by atoms with Crippen molar-refractivity contribution >= 4 is 17.3 Å². The summed E-state index contributed by atoms with van der Waals surface area (Å²) >= 11 is 0. The Hall–Kier alpha value is -2.83. The van der Waals surface area contributed by atoms with Gasteiger partial charge in [0, 0.05) is 6.54 Å². The van der Waals surface area contributed by atoms with E-state index in [0.29, 0.717) is 18.8 Å². The third kappa shape index (κ3) is 3.58. The zero-order chi connectivity index (χ0) is 14.5. The summed E-state index contributed by atoms with van der Waals surface area (Å²) in [4.78, 5) is 14.2. The van der Waals surface area contributed by atoms with Crippen molar-refractivity contribution in [2.45, 2.75) is 6.42 Å². The van der Waals surface area contributed by atoms with Crippen molar-refractivity contribution in [3.63, 3.8) is 0 Å². The number of aromatic nitrogens is 1. The summed E-state index contributed by atoms with van der Waals surface area (Å²) in [5.41, 5.74) is 6.46. The van der Waals surface area contributed by atoms with E-state index in [-0.39, 0.29) is 17.3 Å². The van der Waals surface area contributed by atoms with E-state index in [1.54, 1.807) is 12.1 Å². The Kier molecular flexibility index (Phi) is 3.99. The predicted molar refractivity (Wildman–Crippen MR) is 75.6 cm³/mol. The molecule has 0 bridgehead atoms. The van der Waals surface area contributed by atoms with Gasteiger partial charge in [-0.15, -0.1) is 0 Å². The molecule has 2 rings (SSSR count). The smallest absolute Gasteiger partial charge is 0.276 e. The summed E-state index contributed by atoms with van der Waals surface area (Å²) in [6.45, 7) is 0.554. The highest BCUT2D eigenvalue weighted by molar-refractivity contribution is 5.52. The number of benzene rings is 1. The zero-order valence-electron chi connectivity index (χ0n) is 10.6. The van der Waals surface area contributed by atoms with E-state index in [9.17, 15) is 10.1 Å². The van der Waals surface area contributed by atoms with Crippen molar-refractivity contribution in [3.05, 3.63) is 52.1 Å². The van der Waals surface area contributed by atoms with E-state index in [4.69, 9.17) is 10.8 Å². The van der Waals surface area contributed by atoms with Crippen LogP contribution in [0.4, 0.5) is 17.3 Å². The number of anilines is 2. The first-order chi connectivity index (χ1) is 9.54. The van der Waals surface area contributed by atoms with E-state index < -0.39 is 4.92 Å². The lowest BCUT2D eigenvalue weighted by Crippen LogP contribution is -2.07. The summed E-state index contributed by atoms with van der Waals surface area (Å²) < 4.78 is 0. The fourth-order valence-corrected chi connectivity index (χ4v) is 1.73. The lowest BCUT2D eigenvalue weighted by Gasteiger charge is -2.06. The van der Waals surface area contributed by atoms with Crippen molar-refractivity contribution in [2.75, 3.05) is 17.6 Å². The van der Waals surface area contributed by atoms with Crippen LogP contribution in [0.2, 0.25) is 0 Å². The molecule has 0 fully saturated rings. The number of nitrogen functional groups attached to an aromatic ring is 1. The Morgan fingerprint density at radius 3 is 2.65 bits per heavy atom. The Bertz CT molecular complexity index is 614. The van der Waals surface area contributed by atoms with Gasteiger partial charge in [-0.3, -0.25) is 10.1 Å². The Labute approximate surface area is 115 Å². The molecular weight excluding hydrogens is 260 g/mol. The van der Waals surface area contributed by atoms with Crippen molar-refractivity contribution in [3.8, 4) is 5.75 Å². The molecule has 7 nitrogen and oxygen atoms in total. The molecule has 104 valence electrons. The summed E-state index contributed by atoms with van der Waals surface area (Å²) in [5.74, 6) is 0.691. The first kappa shape index (κ1) is 13.6. The van der Waals surface area contributed by atoms with Crippen molar-refractivity contribution in [1.82, 2.24) is 4.98 Å². The summed E-state index contributed by atoms with van der Waals surface area (Å²) in [6.07, 6.45) is 0.699. The predicted octanol–water partition coefficient (Wildman–Crippen LogP) is 1.93. The molecular formula is C13H14N4O3. The zero-order valence-corrected chi connectivity index (χ0v) is 10.6. The second kappa shape index (κ2) is 5.87.